The summed E-state index contributed by atoms with van der Waals surface area (Å²) in [6, 6.07) is 14.5. The van der Waals surface area contributed by atoms with Gasteiger partial charge in [0.2, 0.25) is 11.7 Å². The molecule has 0 amide bonds. The molecular formula is C19H14ClN3O2. The molecule has 0 aliphatic rings. The number of aromatic nitrogens is 2. The highest BCUT2D eigenvalue weighted by Crippen LogP contribution is 2.17. The molecule has 1 heterocycles. The number of rotatable bonds is 6. The first kappa shape index (κ1) is 16.9. The number of halogens is 1. The Bertz CT molecular complexity index is 926. The summed E-state index contributed by atoms with van der Waals surface area (Å²) in [5, 5.41) is 8.42. The second-order valence-electron chi connectivity index (χ2n) is 5.51. The lowest BCUT2D eigenvalue weighted by atomic mass is 10.1. The van der Waals surface area contributed by atoms with Gasteiger partial charge in [-0.15, -0.1) is 10.2 Å². The van der Waals surface area contributed by atoms with E-state index in [0.29, 0.717) is 29.4 Å². The normalized spacial score (nSPS) is 10.4. The van der Waals surface area contributed by atoms with Crippen molar-refractivity contribution in [3.05, 3.63) is 87.9 Å². The number of carbonyl (C=O) groups excluding carboxylic acids is 1. The van der Waals surface area contributed by atoms with E-state index in [1.54, 1.807) is 24.3 Å². The molecule has 25 heavy (non-hydrogen) atoms. The van der Waals surface area contributed by atoms with Crippen molar-refractivity contribution in [3.63, 3.8) is 0 Å². The van der Waals surface area contributed by atoms with Crippen LogP contribution in [0.3, 0.4) is 0 Å². The predicted octanol–water partition coefficient (Wildman–Crippen LogP) is 4.68. The zero-order valence-electron chi connectivity index (χ0n) is 13.3. The molecule has 0 saturated carbocycles. The quantitative estimate of drug-likeness (QED) is 0.478. The van der Waals surface area contributed by atoms with E-state index in [0.717, 1.165) is 11.1 Å². The average molecular weight is 352 g/mol. The van der Waals surface area contributed by atoms with Crippen LogP contribution >= 0.6 is 11.6 Å². The highest BCUT2D eigenvalue weighted by Gasteiger charge is 2.15. The van der Waals surface area contributed by atoms with Crippen LogP contribution in [0.1, 0.15) is 34.1 Å². The van der Waals surface area contributed by atoms with Crippen molar-refractivity contribution in [2.24, 2.45) is 0 Å². The molecule has 0 aliphatic heterocycles. The molecular weight excluding hydrogens is 338 g/mol. The lowest BCUT2D eigenvalue weighted by Gasteiger charge is -2.00. The first-order valence-electron chi connectivity index (χ1n) is 7.70. The van der Waals surface area contributed by atoms with E-state index in [-0.39, 0.29) is 18.1 Å². The minimum atomic E-state index is -0.205. The number of ketones is 1. The summed E-state index contributed by atoms with van der Waals surface area (Å²) in [7, 11) is 0. The molecule has 0 bridgehead atoms. The highest BCUT2D eigenvalue weighted by atomic mass is 35.5. The van der Waals surface area contributed by atoms with Crippen molar-refractivity contribution < 1.29 is 9.21 Å². The van der Waals surface area contributed by atoms with E-state index < -0.39 is 0 Å². The van der Waals surface area contributed by atoms with Gasteiger partial charge in [-0.1, -0.05) is 53.6 Å². The molecule has 0 spiro atoms. The third-order valence-electron chi connectivity index (χ3n) is 3.65. The molecule has 6 heteroatoms. The van der Waals surface area contributed by atoms with Crippen molar-refractivity contribution in [2.75, 3.05) is 0 Å². The molecule has 2 aromatic carbocycles. The fraction of sp³-hybridized carbons (Fsp3) is 0.158. The first-order chi connectivity index (χ1) is 12.1. The molecule has 1 aromatic heterocycles. The Kier molecular flexibility index (Phi) is 5.22. The van der Waals surface area contributed by atoms with Gasteiger partial charge in [-0.25, -0.2) is 4.85 Å². The summed E-state index contributed by atoms with van der Waals surface area (Å²) in [5.74, 6) is 0.203. The van der Waals surface area contributed by atoms with Gasteiger partial charge in [0, 0.05) is 11.4 Å². The van der Waals surface area contributed by atoms with E-state index >= 15 is 0 Å². The van der Waals surface area contributed by atoms with Crippen LogP contribution in [0.4, 0.5) is 5.69 Å². The number of nitrogens with zero attached hydrogens (tertiary/aromatic N) is 3. The maximum atomic E-state index is 12.2. The number of hydrogen-bond donors (Lipinski definition) is 0. The van der Waals surface area contributed by atoms with Crippen LogP contribution in [-0.2, 0) is 12.8 Å². The van der Waals surface area contributed by atoms with Crippen LogP contribution in [-0.4, -0.2) is 16.0 Å². The van der Waals surface area contributed by atoms with Gasteiger partial charge in [0.25, 0.3) is 5.89 Å². The third kappa shape index (κ3) is 4.52. The number of Topliss-reactive ketones (excluding diaryl/α,β-unsaturated/α-hetero) is 1. The lowest BCUT2D eigenvalue weighted by molar-refractivity contribution is 0.0947. The molecule has 0 saturated heterocycles. The van der Waals surface area contributed by atoms with Gasteiger partial charge in [0.1, 0.15) is 0 Å². The maximum absolute atomic E-state index is 12.2. The van der Waals surface area contributed by atoms with E-state index in [2.05, 4.69) is 15.0 Å². The Hall–Kier alpha value is -2.97. The van der Waals surface area contributed by atoms with Crippen molar-refractivity contribution in [1.82, 2.24) is 10.2 Å². The summed E-state index contributed by atoms with van der Waals surface area (Å²) in [6.07, 6.45) is 1.23. The van der Waals surface area contributed by atoms with Crippen molar-refractivity contribution >= 4 is 23.1 Å². The Morgan fingerprint density at radius 1 is 1.12 bits per heavy atom. The minimum Gasteiger partial charge on any atom is -0.418 e. The van der Waals surface area contributed by atoms with Crippen molar-refractivity contribution in [1.29, 1.82) is 0 Å². The summed E-state index contributed by atoms with van der Waals surface area (Å²) < 4.78 is 5.46. The number of carbonyl (C=O) groups is 1. The average Bonchev–Trinajstić information content (AvgIpc) is 3.10. The van der Waals surface area contributed by atoms with E-state index in [1.807, 2.05) is 24.3 Å². The van der Waals surface area contributed by atoms with Crippen LogP contribution in [0.15, 0.2) is 52.9 Å². The zero-order valence-corrected chi connectivity index (χ0v) is 14.0. The largest absolute Gasteiger partial charge is 0.418 e. The molecule has 3 aromatic rings. The number of aryl methyl sites for hydroxylation is 1. The van der Waals surface area contributed by atoms with Crippen molar-refractivity contribution in [3.8, 4) is 0 Å². The molecule has 0 radical (unpaired) electrons. The SMILES string of the molecule is [C-]#[N+]c1cccc(CCC(=O)c2nnc(Cc3ccc(Cl)cc3)o2)c1. The van der Waals surface area contributed by atoms with Crippen LogP contribution in [0.2, 0.25) is 5.02 Å². The minimum absolute atomic E-state index is 0.0188. The van der Waals surface area contributed by atoms with E-state index in [1.165, 1.54) is 0 Å². The van der Waals surface area contributed by atoms with Gasteiger partial charge < -0.3 is 4.42 Å². The molecule has 3 rings (SSSR count). The van der Waals surface area contributed by atoms with Crippen LogP contribution in [0.5, 0.6) is 0 Å². The molecule has 0 unspecified atom stereocenters. The number of benzene rings is 2. The van der Waals surface area contributed by atoms with Gasteiger partial charge in [-0.3, -0.25) is 4.79 Å². The van der Waals surface area contributed by atoms with E-state index in [4.69, 9.17) is 22.6 Å². The second kappa shape index (κ2) is 7.73. The molecule has 124 valence electrons. The van der Waals surface area contributed by atoms with Gasteiger partial charge >= 0.3 is 0 Å². The monoisotopic (exact) mass is 351 g/mol. The van der Waals surface area contributed by atoms with Crippen molar-refractivity contribution in [2.45, 2.75) is 19.3 Å². The Morgan fingerprint density at radius 2 is 1.92 bits per heavy atom. The summed E-state index contributed by atoms with van der Waals surface area (Å²) in [5.41, 5.74) is 2.47. The lowest BCUT2D eigenvalue weighted by Crippen LogP contribution is -2.01. The predicted molar refractivity (Wildman–Crippen MR) is 93.9 cm³/mol. The second-order valence-corrected chi connectivity index (χ2v) is 5.95. The molecule has 0 aliphatic carbocycles. The fourth-order valence-corrected chi connectivity index (χ4v) is 2.49. The van der Waals surface area contributed by atoms with Gasteiger partial charge in [-0.2, -0.15) is 0 Å². The maximum Gasteiger partial charge on any atom is 0.284 e. The summed E-state index contributed by atoms with van der Waals surface area (Å²) in [4.78, 5) is 15.6. The smallest absolute Gasteiger partial charge is 0.284 e. The van der Waals surface area contributed by atoms with Gasteiger partial charge in [-0.05, 0) is 24.1 Å². The molecule has 0 N–H and O–H groups in total. The Morgan fingerprint density at radius 3 is 2.68 bits per heavy atom. The molecule has 5 nitrogen and oxygen atoms in total. The summed E-state index contributed by atoms with van der Waals surface area (Å²) >= 11 is 5.85. The zero-order chi connectivity index (χ0) is 17.6. The topological polar surface area (TPSA) is 60.4 Å². The Labute approximate surface area is 150 Å². The molecule has 0 atom stereocenters. The molecule has 0 fully saturated rings. The van der Waals surface area contributed by atoms with Gasteiger partial charge in [0.05, 0.1) is 13.0 Å². The fourth-order valence-electron chi connectivity index (χ4n) is 2.36. The highest BCUT2D eigenvalue weighted by molar-refractivity contribution is 6.30. The van der Waals surface area contributed by atoms with Gasteiger partial charge in [0.15, 0.2) is 5.69 Å². The van der Waals surface area contributed by atoms with Crippen LogP contribution in [0, 0.1) is 6.57 Å². The first-order valence-corrected chi connectivity index (χ1v) is 8.08. The van der Waals surface area contributed by atoms with Crippen LogP contribution in [0.25, 0.3) is 4.85 Å². The standard InChI is InChI=1S/C19H14ClN3O2/c1-21-16-4-2-3-13(11-16)7-10-17(24)19-23-22-18(25-19)12-14-5-8-15(20)9-6-14/h2-6,8-9,11H,7,10,12H2. The Balaban J connectivity index is 1.60. The number of hydrogen-bond acceptors (Lipinski definition) is 4. The van der Waals surface area contributed by atoms with E-state index in [9.17, 15) is 4.79 Å². The van der Waals surface area contributed by atoms with Crippen LogP contribution < -0.4 is 0 Å². The summed E-state index contributed by atoms with van der Waals surface area (Å²) in [6.45, 7) is 7.02. The third-order valence-corrected chi connectivity index (χ3v) is 3.91.